The molecule has 1 saturated heterocycles. The van der Waals surface area contributed by atoms with E-state index in [0.29, 0.717) is 24.2 Å². The van der Waals surface area contributed by atoms with E-state index < -0.39 is 8.07 Å². The van der Waals surface area contributed by atoms with Crippen molar-refractivity contribution in [2.45, 2.75) is 57.7 Å². The van der Waals surface area contributed by atoms with Gasteiger partial charge in [-0.15, -0.1) is 0 Å². The summed E-state index contributed by atoms with van der Waals surface area (Å²) in [5.41, 5.74) is 3.79. The van der Waals surface area contributed by atoms with Crippen LogP contribution in [0, 0.1) is 0 Å². The first-order valence-corrected chi connectivity index (χ1v) is 16.9. The SMILES string of the molecule is CN1CCCC[C@@H]1c1cc2cnc(NC(=O)c3ccc4cnn(C)c4c3)cc2n1COCC[Si](C)(C)C. The fraction of sp³-hybridized carbons (Fsp3) is 0.464. The van der Waals surface area contributed by atoms with Crippen LogP contribution in [-0.2, 0) is 18.5 Å². The molecule has 1 N–H and O–H groups in total. The Bertz CT molecular complexity index is 1420. The molecule has 3 aromatic heterocycles. The zero-order valence-corrected chi connectivity index (χ0v) is 23.6. The summed E-state index contributed by atoms with van der Waals surface area (Å²) < 4.78 is 10.3. The van der Waals surface area contributed by atoms with E-state index in [1.165, 1.54) is 18.5 Å². The number of likely N-dealkylation sites (tertiary alicyclic amines) is 1. The summed E-state index contributed by atoms with van der Waals surface area (Å²) in [7, 11) is 2.91. The van der Waals surface area contributed by atoms with Crippen LogP contribution in [0.15, 0.2) is 42.7 Å². The van der Waals surface area contributed by atoms with E-state index in [4.69, 9.17) is 4.74 Å². The molecule has 8 nitrogen and oxygen atoms in total. The molecule has 5 rings (SSSR count). The van der Waals surface area contributed by atoms with Crippen LogP contribution in [0.25, 0.3) is 21.8 Å². The number of rotatable bonds is 8. The zero-order chi connectivity index (χ0) is 26.2. The number of nitrogens with one attached hydrogen (secondary N) is 1. The molecule has 0 spiro atoms. The van der Waals surface area contributed by atoms with Crippen molar-refractivity contribution in [3.63, 3.8) is 0 Å². The molecule has 0 bridgehead atoms. The molecule has 1 atom stereocenters. The lowest BCUT2D eigenvalue weighted by Gasteiger charge is -2.33. The van der Waals surface area contributed by atoms with Gasteiger partial charge in [-0.2, -0.15) is 5.10 Å². The molecule has 0 aliphatic carbocycles. The predicted octanol–water partition coefficient (Wildman–Crippen LogP) is 5.64. The van der Waals surface area contributed by atoms with Crippen molar-refractivity contribution < 1.29 is 9.53 Å². The first-order chi connectivity index (χ1) is 17.7. The van der Waals surface area contributed by atoms with Gasteiger partial charge in [0, 0.05) is 62.1 Å². The zero-order valence-electron chi connectivity index (χ0n) is 22.6. The number of benzene rings is 1. The number of nitrogens with zero attached hydrogens (tertiary/aromatic N) is 5. The van der Waals surface area contributed by atoms with Crippen LogP contribution < -0.4 is 5.32 Å². The van der Waals surface area contributed by atoms with Gasteiger partial charge in [-0.05, 0) is 50.7 Å². The van der Waals surface area contributed by atoms with E-state index in [2.05, 4.69) is 57.6 Å². The smallest absolute Gasteiger partial charge is 0.256 e. The molecule has 0 unspecified atom stereocenters. The van der Waals surface area contributed by atoms with Crippen LogP contribution in [0.4, 0.5) is 5.82 Å². The molecule has 9 heteroatoms. The number of carbonyl (C=O) groups is 1. The molecule has 0 saturated carbocycles. The number of ether oxygens (including phenoxy) is 1. The molecular weight excluding hydrogens is 480 g/mol. The van der Waals surface area contributed by atoms with Crippen LogP contribution in [0.2, 0.25) is 25.7 Å². The molecule has 196 valence electrons. The van der Waals surface area contributed by atoms with Gasteiger partial charge in [-0.1, -0.05) is 32.1 Å². The van der Waals surface area contributed by atoms with Crippen molar-refractivity contribution in [2.24, 2.45) is 7.05 Å². The molecule has 1 amide bonds. The van der Waals surface area contributed by atoms with Crippen molar-refractivity contribution in [1.82, 2.24) is 24.2 Å². The van der Waals surface area contributed by atoms with Gasteiger partial charge >= 0.3 is 0 Å². The molecule has 0 radical (unpaired) electrons. The largest absolute Gasteiger partial charge is 0.361 e. The Balaban J connectivity index is 1.43. The maximum atomic E-state index is 13.1. The molecule has 1 aromatic carbocycles. The Morgan fingerprint density at radius 2 is 1.92 bits per heavy atom. The number of carbonyl (C=O) groups excluding carboxylic acids is 1. The highest BCUT2D eigenvalue weighted by molar-refractivity contribution is 6.76. The van der Waals surface area contributed by atoms with Crippen LogP contribution in [0.1, 0.15) is 41.4 Å². The summed E-state index contributed by atoms with van der Waals surface area (Å²) in [4.78, 5) is 20.1. The maximum absolute atomic E-state index is 13.1. The number of hydrogen-bond acceptors (Lipinski definition) is 5. The predicted molar refractivity (Wildman–Crippen MR) is 152 cm³/mol. The Morgan fingerprint density at radius 1 is 1.08 bits per heavy atom. The minimum Gasteiger partial charge on any atom is -0.361 e. The summed E-state index contributed by atoms with van der Waals surface area (Å²) in [6, 6.07) is 11.3. The highest BCUT2D eigenvalue weighted by atomic mass is 28.3. The number of hydrogen-bond donors (Lipinski definition) is 1. The van der Waals surface area contributed by atoms with Gasteiger partial charge in [-0.3, -0.25) is 14.4 Å². The Labute approximate surface area is 219 Å². The summed E-state index contributed by atoms with van der Waals surface area (Å²) in [6.45, 7) is 9.48. The standard InChI is InChI=1S/C28H38N6O2Si/c1-32-11-7-6-8-23(32)26-15-22-17-29-27(16-25(22)34(26)19-36-12-13-37(3,4)5)31-28(35)20-9-10-21-18-30-33(2)24(21)14-20/h9-10,14-18,23H,6-8,11-13,19H2,1-5H3,(H,29,31,35)/t23-/m1/s1. The van der Waals surface area contributed by atoms with E-state index in [1.807, 2.05) is 37.5 Å². The maximum Gasteiger partial charge on any atom is 0.256 e. The lowest BCUT2D eigenvalue weighted by atomic mass is 10.00. The molecule has 1 aliphatic rings. The molecule has 4 heterocycles. The second kappa shape index (κ2) is 10.4. The van der Waals surface area contributed by atoms with Gasteiger partial charge in [0.15, 0.2) is 0 Å². The van der Waals surface area contributed by atoms with Gasteiger partial charge in [0.2, 0.25) is 0 Å². The van der Waals surface area contributed by atoms with Crippen LogP contribution in [0.5, 0.6) is 0 Å². The highest BCUT2D eigenvalue weighted by Crippen LogP contribution is 2.34. The number of piperidine rings is 1. The topological polar surface area (TPSA) is 77.2 Å². The second-order valence-corrected chi connectivity index (χ2v) is 17.1. The highest BCUT2D eigenvalue weighted by Gasteiger charge is 2.25. The van der Waals surface area contributed by atoms with Crippen LogP contribution in [-0.4, -0.2) is 58.4 Å². The average molecular weight is 519 g/mol. The van der Waals surface area contributed by atoms with Crippen molar-refractivity contribution in [1.29, 1.82) is 0 Å². The lowest BCUT2D eigenvalue weighted by Crippen LogP contribution is -2.31. The monoisotopic (exact) mass is 518 g/mol. The third kappa shape index (κ3) is 5.63. The lowest BCUT2D eigenvalue weighted by molar-refractivity contribution is 0.0820. The summed E-state index contributed by atoms with van der Waals surface area (Å²) in [6.07, 6.45) is 7.26. The van der Waals surface area contributed by atoms with E-state index in [0.717, 1.165) is 47.4 Å². The number of aryl methyl sites for hydroxylation is 1. The van der Waals surface area contributed by atoms with Gasteiger partial charge in [0.05, 0.1) is 17.2 Å². The van der Waals surface area contributed by atoms with E-state index in [9.17, 15) is 4.79 Å². The first kappa shape index (κ1) is 25.6. The Hall–Kier alpha value is -3.01. The van der Waals surface area contributed by atoms with Crippen molar-refractivity contribution in [3.05, 3.63) is 54.0 Å². The fourth-order valence-electron chi connectivity index (χ4n) is 5.12. The van der Waals surface area contributed by atoms with E-state index in [-0.39, 0.29) is 5.91 Å². The van der Waals surface area contributed by atoms with Gasteiger partial charge in [-0.25, -0.2) is 4.98 Å². The number of amides is 1. The van der Waals surface area contributed by atoms with Crippen molar-refractivity contribution in [3.8, 4) is 0 Å². The molecule has 4 aromatic rings. The number of pyridine rings is 1. The van der Waals surface area contributed by atoms with E-state index in [1.54, 1.807) is 10.9 Å². The normalized spacial score (nSPS) is 17.1. The van der Waals surface area contributed by atoms with Gasteiger partial charge in [0.25, 0.3) is 5.91 Å². The minimum atomic E-state index is -1.17. The summed E-state index contributed by atoms with van der Waals surface area (Å²) >= 11 is 0. The first-order valence-electron chi connectivity index (χ1n) is 13.2. The fourth-order valence-corrected chi connectivity index (χ4v) is 5.88. The number of aromatic nitrogens is 4. The van der Waals surface area contributed by atoms with Crippen LogP contribution in [0.3, 0.4) is 0 Å². The average Bonchev–Trinajstić information content (AvgIpc) is 3.41. The van der Waals surface area contributed by atoms with E-state index >= 15 is 0 Å². The van der Waals surface area contributed by atoms with Crippen LogP contribution >= 0.6 is 0 Å². The Morgan fingerprint density at radius 3 is 2.70 bits per heavy atom. The van der Waals surface area contributed by atoms with Crippen molar-refractivity contribution in [2.75, 3.05) is 25.5 Å². The van der Waals surface area contributed by atoms with Gasteiger partial charge < -0.3 is 14.6 Å². The number of anilines is 1. The quantitative estimate of drug-likeness (QED) is 0.241. The summed E-state index contributed by atoms with van der Waals surface area (Å²) in [5, 5.41) is 9.34. The molecular formula is C28H38N6O2Si. The second-order valence-electron chi connectivity index (χ2n) is 11.5. The number of fused-ring (bicyclic) bond motifs is 2. The molecule has 1 fully saturated rings. The van der Waals surface area contributed by atoms with Gasteiger partial charge in [0.1, 0.15) is 12.5 Å². The summed E-state index contributed by atoms with van der Waals surface area (Å²) in [5.74, 6) is 0.347. The third-order valence-electron chi connectivity index (χ3n) is 7.40. The molecule has 1 aliphatic heterocycles. The Kier molecular flexibility index (Phi) is 7.20. The van der Waals surface area contributed by atoms with Crippen molar-refractivity contribution >= 4 is 41.6 Å². The minimum absolute atomic E-state index is 0.188. The molecule has 37 heavy (non-hydrogen) atoms. The third-order valence-corrected chi connectivity index (χ3v) is 9.10.